The van der Waals surface area contributed by atoms with E-state index in [0.29, 0.717) is 0 Å². The minimum absolute atomic E-state index is 0.0939. The van der Waals surface area contributed by atoms with Gasteiger partial charge in [-0.05, 0) is 24.6 Å². The molecule has 0 saturated carbocycles. The summed E-state index contributed by atoms with van der Waals surface area (Å²) in [5, 5.41) is 16.3. The third-order valence-electron chi connectivity index (χ3n) is 1.85. The van der Waals surface area contributed by atoms with Gasteiger partial charge >= 0.3 is 0 Å². The molecule has 5 heteroatoms. The molecule has 0 fully saturated rings. The number of hydrazone groups is 1. The molecule has 0 amide bonds. The predicted molar refractivity (Wildman–Crippen MR) is 59.0 cm³/mol. The van der Waals surface area contributed by atoms with Crippen molar-refractivity contribution >= 4 is 11.4 Å². The second-order valence-corrected chi connectivity index (χ2v) is 3.34. The Morgan fingerprint density at radius 1 is 1.33 bits per heavy atom. The fourth-order valence-electron chi connectivity index (χ4n) is 1.18. The van der Waals surface area contributed by atoms with Crippen LogP contribution in [0.3, 0.4) is 0 Å². The quantitative estimate of drug-likeness (QED) is 0.432. The molecule has 0 saturated heterocycles. The first-order valence-corrected chi connectivity index (χ1v) is 4.48. The Morgan fingerprint density at radius 3 is 2.27 bits per heavy atom. The summed E-state index contributed by atoms with van der Waals surface area (Å²) in [5.41, 5.74) is 1.81. The van der Waals surface area contributed by atoms with Gasteiger partial charge in [0.1, 0.15) is 0 Å². The van der Waals surface area contributed by atoms with Gasteiger partial charge in [-0.1, -0.05) is 0 Å². The van der Waals surface area contributed by atoms with E-state index in [0.717, 1.165) is 11.3 Å². The van der Waals surface area contributed by atoms with Crippen LogP contribution in [0.25, 0.3) is 0 Å². The molecule has 0 unspecified atom stereocenters. The van der Waals surface area contributed by atoms with Crippen LogP contribution in [0.5, 0.6) is 0 Å². The minimum atomic E-state index is -0.414. The molecule has 1 aromatic rings. The van der Waals surface area contributed by atoms with E-state index in [-0.39, 0.29) is 5.69 Å². The Hall–Kier alpha value is -1.91. The Kier molecular flexibility index (Phi) is 3.38. The molecule has 0 N–H and O–H groups in total. The van der Waals surface area contributed by atoms with Crippen molar-refractivity contribution in [3.8, 4) is 0 Å². The molecule has 0 aliphatic rings. The summed E-state index contributed by atoms with van der Waals surface area (Å²) >= 11 is 0. The fraction of sp³-hybridized carbons (Fsp3) is 0.300. The van der Waals surface area contributed by atoms with Crippen molar-refractivity contribution in [1.29, 1.82) is 0 Å². The second kappa shape index (κ2) is 4.54. The van der Waals surface area contributed by atoms with Gasteiger partial charge in [0.05, 0.1) is 10.6 Å². The van der Waals surface area contributed by atoms with Crippen molar-refractivity contribution in [2.45, 2.75) is 6.92 Å². The van der Waals surface area contributed by atoms with Crippen LogP contribution in [-0.2, 0) is 0 Å². The maximum Gasteiger partial charge on any atom is 0.269 e. The highest BCUT2D eigenvalue weighted by Gasteiger charge is 2.05. The number of nitro benzene ring substituents is 1. The topological polar surface area (TPSA) is 58.7 Å². The summed E-state index contributed by atoms with van der Waals surface area (Å²) in [6, 6.07) is 6.34. The maximum atomic E-state index is 10.4. The van der Waals surface area contributed by atoms with E-state index in [1.165, 1.54) is 12.1 Å². The number of hydrogen-bond donors (Lipinski definition) is 0. The largest absolute Gasteiger partial charge is 0.303 e. The van der Waals surface area contributed by atoms with E-state index in [2.05, 4.69) is 5.10 Å². The lowest BCUT2D eigenvalue weighted by atomic mass is 10.1. The van der Waals surface area contributed by atoms with Gasteiger partial charge in [0, 0.05) is 26.2 Å². The molecule has 0 aliphatic carbocycles. The van der Waals surface area contributed by atoms with Gasteiger partial charge < -0.3 is 5.01 Å². The first kappa shape index (κ1) is 11.2. The SMILES string of the molecule is C/C(=N\N(C)C)c1ccc([N+](=O)[O-])cc1. The molecule has 1 rings (SSSR count). The second-order valence-electron chi connectivity index (χ2n) is 3.34. The number of rotatable bonds is 3. The van der Waals surface area contributed by atoms with E-state index in [1.54, 1.807) is 17.1 Å². The number of nitro groups is 1. The lowest BCUT2D eigenvalue weighted by molar-refractivity contribution is -0.384. The summed E-state index contributed by atoms with van der Waals surface area (Å²) in [6.07, 6.45) is 0. The van der Waals surface area contributed by atoms with Crippen LogP contribution < -0.4 is 0 Å². The van der Waals surface area contributed by atoms with Gasteiger partial charge in [-0.2, -0.15) is 5.10 Å². The monoisotopic (exact) mass is 207 g/mol. The molecule has 0 spiro atoms. The van der Waals surface area contributed by atoms with Gasteiger partial charge in [-0.15, -0.1) is 0 Å². The van der Waals surface area contributed by atoms with E-state index in [1.807, 2.05) is 21.0 Å². The number of non-ortho nitro benzene ring substituents is 1. The molecule has 0 radical (unpaired) electrons. The Labute approximate surface area is 88.2 Å². The Bertz CT molecular complexity index is 382. The number of nitrogens with zero attached hydrogens (tertiary/aromatic N) is 3. The molecule has 0 atom stereocenters. The Balaban J connectivity index is 2.94. The van der Waals surface area contributed by atoms with Crippen molar-refractivity contribution in [2.24, 2.45) is 5.10 Å². The van der Waals surface area contributed by atoms with Crippen LogP contribution in [0.1, 0.15) is 12.5 Å². The zero-order valence-corrected chi connectivity index (χ0v) is 8.97. The lowest BCUT2D eigenvalue weighted by Gasteiger charge is -2.06. The maximum absolute atomic E-state index is 10.4. The molecule has 0 aromatic heterocycles. The molecule has 0 heterocycles. The minimum Gasteiger partial charge on any atom is -0.303 e. The smallest absolute Gasteiger partial charge is 0.269 e. The third kappa shape index (κ3) is 3.05. The van der Waals surface area contributed by atoms with E-state index in [9.17, 15) is 10.1 Å². The van der Waals surface area contributed by atoms with Gasteiger partial charge in [0.25, 0.3) is 5.69 Å². The molecular weight excluding hydrogens is 194 g/mol. The first-order valence-electron chi connectivity index (χ1n) is 4.48. The van der Waals surface area contributed by atoms with Gasteiger partial charge in [-0.25, -0.2) is 0 Å². The molecule has 0 bridgehead atoms. The molecule has 15 heavy (non-hydrogen) atoms. The summed E-state index contributed by atoms with van der Waals surface area (Å²) in [5.74, 6) is 0. The first-order chi connectivity index (χ1) is 7.00. The normalized spacial score (nSPS) is 11.3. The Morgan fingerprint density at radius 2 is 1.87 bits per heavy atom. The highest BCUT2D eigenvalue weighted by molar-refractivity contribution is 5.98. The fourth-order valence-corrected chi connectivity index (χ4v) is 1.18. The van der Waals surface area contributed by atoms with Crippen molar-refractivity contribution < 1.29 is 4.92 Å². The molecular formula is C10H13N3O2. The highest BCUT2D eigenvalue weighted by atomic mass is 16.6. The van der Waals surface area contributed by atoms with Crippen LogP contribution in [0.15, 0.2) is 29.4 Å². The van der Waals surface area contributed by atoms with Crippen LogP contribution in [0, 0.1) is 10.1 Å². The van der Waals surface area contributed by atoms with Crippen LogP contribution in [0.2, 0.25) is 0 Å². The number of hydrogen-bond acceptors (Lipinski definition) is 4. The standard InChI is InChI=1S/C10H13N3O2/c1-8(11-12(2)3)9-4-6-10(7-5-9)13(14)15/h4-7H,1-3H3/b11-8+. The highest BCUT2D eigenvalue weighted by Crippen LogP contribution is 2.12. The third-order valence-corrected chi connectivity index (χ3v) is 1.85. The van der Waals surface area contributed by atoms with Gasteiger partial charge in [-0.3, -0.25) is 10.1 Å². The predicted octanol–water partition coefficient (Wildman–Crippen LogP) is 1.88. The van der Waals surface area contributed by atoms with Gasteiger partial charge in [0.15, 0.2) is 0 Å². The summed E-state index contributed by atoms with van der Waals surface area (Å²) < 4.78 is 0. The van der Waals surface area contributed by atoms with E-state index in [4.69, 9.17) is 0 Å². The van der Waals surface area contributed by atoms with Crippen molar-refractivity contribution in [1.82, 2.24) is 5.01 Å². The van der Waals surface area contributed by atoms with Crippen LogP contribution in [0.4, 0.5) is 5.69 Å². The van der Waals surface area contributed by atoms with E-state index >= 15 is 0 Å². The summed E-state index contributed by atoms with van der Waals surface area (Å²) in [7, 11) is 3.66. The van der Waals surface area contributed by atoms with E-state index < -0.39 is 4.92 Å². The molecule has 5 nitrogen and oxygen atoms in total. The molecule has 0 aliphatic heterocycles. The van der Waals surface area contributed by atoms with Crippen molar-refractivity contribution in [2.75, 3.05) is 14.1 Å². The lowest BCUT2D eigenvalue weighted by Crippen LogP contribution is -2.07. The van der Waals surface area contributed by atoms with Crippen molar-refractivity contribution in [3.63, 3.8) is 0 Å². The zero-order valence-electron chi connectivity index (χ0n) is 8.97. The number of benzene rings is 1. The summed E-state index contributed by atoms with van der Waals surface area (Å²) in [6.45, 7) is 1.86. The van der Waals surface area contributed by atoms with Gasteiger partial charge in [0.2, 0.25) is 0 Å². The van der Waals surface area contributed by atoms with Crippen LogP contribution in [-0.4, -0.2) is 29.7 Å². The average Bonchev–Trinajstić information content (AvgIpc) is 2.17. The average molecular weight is 207 g/mol. The molecule has 1 aromatic carbocycles. The van der Waals surface area contributed by atoms with Crippen molar-refractivity contribution in [3.05, 3.63) is 39.9 Å². The van der Waals surface area contributed by atoms with Crippen LogP contribution >= 0.6 is 0 Å². The molecule has 80 valence electrons. The zero-order chi connectivity index (χ0) is 11.4. The summed E-state index contributed by atoms with van der Waals surface area (Å²) in [4.78, 5) is 10.0.